The highest BCUT2D eigenvalue weighted by atomic mass is 16.2. The lowest BCUT2D eigenvalue weighted by Gasteiger charge is -2.33. The molecule has 0 bridgehead atoms. The Bertz CT molecular complexity index is 1020. The predicted molar refractivity (Wildman–Crippen MR) is 135 cm³/mol. The fourth-order valence-corrected chi connectivity index (χ4v) is 6.69. The Hall–Kier alpha value is -2.21. The van der Waals surface area contributed by atoms with Crippen LogP contribution in [0.15, 0.2) is 18.2 Å². The normalized spacial score (nSPS) is 25.1. The molecule has 3 aliphatic rings. The summed E-state index contributed by atoms with van der Waals surface area (Å²) < 4.78 is 1.97. The number of nitrogens with one attached hydrogen (secondary N) is 1. The minimum absolute atomic E-state index is 0.178. The first kappa shape index (κ1) is 23.5. The van der Waals surface area contributed by atoms with Crippen molar-refractivity contribution in [2.45, 2.75) is 88.9 Å². The summed E-state index contributed by atoms with van der Waals surface area (Å²) in [5.74, 6) is 0.760. The van der Waals surface area contributed by atoms with Gasteiger partial charge in [0, 0.05) is 25.4 Å². The van der Waals surface area contributed by atoms with Crippen molar-refractivity contribution in [3.63, 3.8) is 0 Å². The van der Waals surface area contributed by atoms with Crippen LogP contribution in [0.25, 0.3) is 10.9 Å². The van der Waals surface area contributed by atoms with Gasteiger partial charge >= 0.3 is 0 Å². The van der Waals surface area contributed by atoms with E-state index in [0.717, 1.165) is 29.1 Å². The third-order valence-corrected chi connectivity index (χ3v) is 8.50. The molecule has 1 aliphatic carbocycles. The molecule has 6 heteroatoms. The molecule has 2 atom stereocenters. The van der Waals surface area contributed by atoms with E-state index < -0.39 is 0 Å². The number of hydrogen-bond donors (Lipinski definition) is 1. The van der Waals surface area contributed by atoms with Gasteiger partial charge in [0.25, 0.3) is 0 Å². The van der Waals surface area contributed by atoms with Gasteiger partial charge in [-0.25, -0.2) is 0 Å². The standard InChI is InChI=1S/C28H40N4O2/c1-31-27-22(13-7-14-23(27)26(30-31)24-15-16-25(33)29-28(24)34)21-12-8-18-32(19-21)17-6-5-11-20-9-3-2-4-10-20/h7,13-14,20-21,24H,2-6,8-12,15-19H2,1H3,(H,29,33,34)/t21-,24?/m0/s1. The number of fused-ring (bicyclic) bond motifs is 1. The van der Waals surface area contributed by atoms with Crippen molar-refractivity contribution in [2.75, 3.05) is 19.6 Å². The van der Waals surface area contributed by atoms with Crippen LogP contribution in [0.3, 0.4) is 0 Å². The molecular weight excluding hydrogens is 424 g/mol. The van der Waals surface area contributed by atoms with Gasteiger partial charge < -0.3 is 4.90 Å². The largest absolute Gasteiger partial charge is 0.303 e. The van der Waals surface area contributed by atoms with E-state index in [-0.39, 0.29) is 17.7 Å². The summed E-state index contributed by atoms with van der Waals surface area (Å²) in [4.78, 5) is 26.8. The fourth-order valence-electron chi connectivity index (χ4n) is 6.69. The molecule has 2 saturated heterocycles. The number of aromatic nitrogens is 2. The Labute approximate surface area is 203 Å². The number of hydrogen-bond acceptors (Lipinski definition) is 4. The highest BCUT2D eigenvalue weighted by molar-refractivity contribution is 6.02. The predicted octanol–water partition coefficient (Wildman–Crippen LogP) is 5.02. The summed E-state index contributed by atoms with van der Waals surface area (Å²) in [7, 11) is 1.99. The van der Waals surface area contributed by atoms with Crippen molar-refractivity contribution in [3.05, 3.63) is 29.5 Å². The quantitative estimate of drug-likeness (QED) is 0.461. The molecule has 0 spiro atoms. The minimum atomic E-state index is -0.344. The van der Waals surface area contributed by atoms with Crippen LogP contribution in [0, 0.1) is 5.92 Å². The Balaban J connectivity index is 1.26. The molecule has 1 aromatic heterocycles. The Kier molecular flexibility index (Phi) is 7.33. The molecule has 184 valence electrons. The lowest BCUT2D eigenvalue weighted by Crippen LogP contribution is -2.39. The highest BCUT2D eigenvalue weighted by Crippen LogP contribution is 2.36. The van der Waals surface area contributed by atoms with E-state index in [0.29, 0.717) is 18.8 Å². The van der Waals surface area contributed by atoms with Crippen LogP contribution in [-0.2, 0) is 16.6 Å². The molecule has 3 heterocycles. The van der Waals surface area contributed by atoms with E-state index in [1.54, 1.807) is 0 Å². The second-order valence-corrected chi connectivity index (χ2v) is 10.9. The molecule has 2 aliphatic heterocycles. The summed E-state index contributed by atoms with van der Waals surface area (Å²) in [5, 5.41) is 8.36. The van der Waals surface area contributed by atoms with E-state index in [2.05, 4.69) is 28.4 Å². The van der Waals surface area contributed by atoms with Gasteiger partial charge in [-0.15, -0.1) is 0 Å². The maximum absolute atomic E-state index is 12.5. The summed E-state index contributed by atoms with van der Waals surface area (Å²) in [5.41, 5.74) is 3.34. The van der Waals surface area contributed by atoms with Gasteiger partial charge in [-0.05, 0) is 56.2 Å². The van der Waals surface area contributed by atoms with Crippen LogP contribution in [0.4, 0.5) is 0 Å². The van der Waals surface area contributed by atoms with Crippen LogP contribution < -0.4 is 5.32 Å². The number of carbonyl (C=O) groups is 2. The first-order valence-electron chi connectivity index (χ1n) is 13.6. The number of imide groups is 1. The maximum atomic E-state index is 12.5. The Morgan fingerprint density at radius 3 is 2.71 bits per heavy atom. The monoisotopic (exact) mass is 464 g/mol. The smallest absolute Gasteiger partial charge is 0.235 e. The van der Waals surface area contributed by atoms with Crippen LogP contribution in [0.2, 0.25) is 0 Å². The second-order valence-electron chi connectivity index (χ2n) is 10.9. The average molecular weight is 465 g/mol. The number of likely N-dealkylation sites (tertiary alicyclic amines) is 1. The number of carbonyl (C=O) groups excluding carboxylic acids is 2. The summed E-state index contributed by atoms with van der Waals surface area (Å²) in [6.07, 6.45) is 14.7. The van der Waals surface area contributed by atoms with Crippen LogP contribution in [0.1, 0.15) is 100 Å². The SMILES string of the molecule is Cn1nc(C2CCC(=O)NC2=O)c2cccc([C@H]3CCCN(CCCCC4CCCCC4)C3)c21. The molecular formula is C28H40N4O2. The molecule has 34 heavy (non-hydrogen) atoms. The number of piperidine rings is 2. The van der Waals surface area contributed by atoms with Gasteiger partial charge in [0.05, 0.1) is 17.1 Å². The number of nitrogens with zero attached hydrogens (tertiary/aromatic N) is 3. The van der Waals surface area contributed by atoms with Gasteiger partial charge in [-0.2, -0.15) is 5.10 Å². The van der Waals surface area contributed by atoms with E-state index in [4.69, 9.17) is 5.10 Å². The molecule has 1 unspecified atom stereocenters. The topological polar surface area (TPSA) is 67.2 Å². The van der Waals surface area contributed by atoms with Crippen molar-refractivity contribution in [2.24, 2.45) is 13.0 Å². The van der Waals surface area contributed by atoms with Crippen molar-refractivity contribution >= 4 is 22.7 Å². The third kappa shape index (κ3) is 5.07. The molecule has 1 aromatic carbocycles. The Morgan fingerprint density at radius 2 is 1.88 bits per heavy atom. The van der Waals surface area contributed by atoms with Crippen molar-refractivity contribution in [3.8, 4) is 0 Å². The highest BCUT2D eigenvalue weighted by Gasteiger charge is 2.33. The maximum Gasteiger partial charge on any atom is 0.235 e. The lowest BCUT2D eigenvalue weighted by atomic mass is 9.85. The molecule has 6 nitrogen and oxygen atoms in total. The van der Waals surface area contributed by atoms with E-state index in [9.17, 15) is 9.59 Å². The molecule has 0 radical (unpaired) electrons. The molecule has 3 fully saturated rings. The van der Waals surface area contributed by atoms with Gasteiger partial charge in [0.1, 0.15) is 0 Å². The number of amides is 2. The number of aryl methyl sites for hydroxylation is 1. The van der Waals surface area contributed by atoms with E-state index in [1.807, 2.05) is 11.7 Å². The van der Waals surface area contributed by atoms with Gasteiger partial charge in [-0.3, -0.25) is 19.6 Å². The molecule has 2 aromatic rings. The van der Waals surface area contributed by atoms with Crippen molar-refractivity contribution in [1.82, 2.24) is 20.0 Å². The van der Waals surface area contributed by atoms with Gasteiger partial charge in [0.2, 0.25) is 11.8 Å². The van der Waals surface area contributed by atoms with Gasteiger partial charge in [-0.1, -0.05) is 63.1 Å². The van der Waals surface area contributed by atoms with Crippen LogP contribution in [-0.4, -0.2) is 46.1 Å². The first-order chi connectivity index (χ1) is 16.6. The van der Waals surface area contributed by atoms with E-state index in [1.165, 1.54) is 82.9 Å². The molecule has 1 N–H and O–H groups in total. The average Bonchev–Trinajstić information content (AvgIpc) is 3.19. The summed E-state index contributed by atoms with van der Waals surface area (Å²) >= 11 is 0. The zero-order valence-corrected chi connectivity index (χ0v) is 20.7. The Morgan fingerprint density at radius 1 is 1.03 bits per heavy atom. The zero-order chi connectivity index (χ0) is 23.5. The molecule has 2 amide bonds. The number of benzene rings is 1. The summed E-state index contributed by atoms with van der Waals surface area (Å²) in [6.45, 7) is 3.54. The minimum Gasteiger partial charge on any atom is -0.303 e. The van der Waals surface area contributed by atoms with Crippen molar-refractivity contribution < 1.29 is 9.59 Å². The zero-order valence-electron chi connectivity index (χ0n) is 20.7. The fraction of sp³-hybridized carbons (Fsp3) is 0.679. The van der Waals surface area contributed by atoms with E-state index >= 15 is 0 Å². The molecule has 1 saturated carbocycles. The molecule has 5 rings (SSSR count). The van der Waals surface area contributed by atoms with Crippen LogP contribution >= 0.6 is 0 Å². The second kappa shape index (κ2) is 10.6. The van der Waals surface area contributed by atoms with Crippen LogP contribution in [0.5, 0.6) is 0 Å². The number of para-hydroxylation sites is 1. The number of rotatable bonds is 7. The van der Waals surface area contributed by atoms with Crippen molar-refractivity contribution in [1.29, 1.82) is 0 Å². The first-order valence-corrected chi connectivity index (χ1v) is 13.6. The third-order valence-electron chi connectivity index (χ3n) is 8.50. The lowest BCUT2D eigenvalue weighted by molar-refractivity contribution is -0.134. The number of unbranched alkanes of at least 4 members (excludes halogenated alkanes) is 1. The summed E-state index contributed by atoms with van der Waals surface area (Å²) in [6, 6.07) is 6.48. The van der Waals surface area contributed by atoms with Gasteiger partial charge in [0.15, 0.2) is 0 Å².